The minimum Gasteiger partial charge on any atom is -0.348 e. The molecule has 118 valence electrons. The van der Waals surface area contributed by atoms with Gasteiger partial charge in [0.25, 0.3) is 0 Å². The van der Waals surface area contributed by atoms with E-state index in [1.807, 2.05) is 29.7 Å². The number of hydrogen-bond acceptors (Lipinski definition) is 6. The summed E-state index contributed by atoms with van der Waals surface area (Å²) in [4.78, 5) is 26.2. The van der Waals surface area contributed by atoms with Gasteiger partial charge in [0, 0.05) is 48.6 Å². The molecule has 0 bridgehead atoms. The van der Waals surface area contributed by atoms with Crippen LogP contribution in [0.5, 0.6) is 0 Å². The molecule has 5 nitrogen and oxygen atoms in total. The lowest BCUT2D eigenvalue weighted by molar-refractivity contribution is -0.127. The zero-order valence-corrected chi connectivity index (χ0v) is 14.5. The number of amidine groups is 1. The number of aromatic nitrogens is 1. The third-order valence-corrected chi connectivity index (χ3v) is 5.71. The van der Waals surface area contributed by atoms with Crippen molar-refractivity contribution in [3.63, 3.8) is 0 Å². The van der Waals surface area contributed by atoms with Crippen LogP contribution in [0.25, 0.3) is 6.08 Å². The fourth-order valence-electron chi connectivity index (χ4n) is 2.47. The molecule has 0 spiro atoms. The summed E-state index contributed by atoms with van der Waals surface area (Å²) >= 11 is 3.44. The van der Waals surface area contributed by atoms with Crippen molar-refractivity contribution in [1.29, 1.82) is 0 Å². The second-order valence-corrected chi connectivity index (χ2v) is 8.15. The number of piperazine rings is 1. The molecule has 0 unspecified atom stereocenters. The first-order valence-electron chi connectivity index (χ1n) is 7.47. The average molecular weight is 336 g/mol. The third kappa shape index (κ3) is 3.70. The Morgan fingerprint density at radius 1 is 1.36 bits per heavy atom. The number of carbonyl (C=O) groups is 1. The van der Waals surface area contributed by atoms with E-state index in [4.69, 9.17) is 0 Å². The lowest BCUT2D eigenvalue weighted by Gasteiger charge is -2.35. The highest BCUT2D eigenvalue weighted by Crippen LogP contribution is 2.23. The van der Waals surface area contributed by atoms with Crippen LogP contribution in [0.1, 0.15) is 16.8 Å². The van der Waals surface area contributed by atoms with E-state index in [0.29, 0.717) is 5.25 Å². The summed E-state index contributed by atoms with van der Waals surface area (Å²) in [6.07, 6.45) is 5.32. The van der Waals surface area contributed by atoms with Gasteiger partial charge in [-0.25, -0.2) is 4.98 Å². The van der Waals surface area contributed by atoms with Gasteiger partial charge in [-0.2, -0.15) is 0 Å². The van der Waals surface area contributed by atoms with Gasteiger partial charge in [-0.1, -0.05) is 18.7 Å². The molecular formula is C15H20N4OS2. The standard InChI is InChI=1S/C15H20N4OS2/c1-11-9-17-15(21-11)19-7-5-18(6-8-19)14(20)4-3-13-10-16-12(2)22-13/h3-4,10-11H,5-9H2,1-2H3/b4-3-/t11-/m1/s1. The van der Waals surface area contributed by atoms with Gasteiger partial charge in [0.15, 0.2) is 5.17 Å². The van der Waals surface area contributed by atoms with Crippen LogP contribution in [0.15, 0.2) is 17.3 Å². The fraction of sp³-hybridized carbons (Fsp3) is 0.533. The van der Waals surface area contributed by atoms with Gasteiger partial charge in [-0.15, -0.1) is 11.3 Å². The summed E-state index contributed by atoms with van der Waals surface area (Å²) in [6.45, 7) is 8.35. The van der Waals surface area contributed by atoms with Crippen LogP contribution in [0.4, 0.5) is 0 Å². The second-order valence-electron chi connectivity index (χ2n) is 5.48. The Hall–Kier alpha value is -1.34. The number of amides is 1. The van der Waals surface area contributed by atoms with Crippen LogP contribution in [0, 0.1) is 6.92 Å². The predicted octanol–water partition coefficient (Wildman–Crippen LogP) is 2.10. The number of nitrogens with zero attached hydrogens (tertiary/aromatic N) is 4. The molecular weight excluding hydrogens is 316 g/mol. The second kappa shape index (κ2) is 6.83. The first kappa shape index (κ1) is 15.6. The van der Waals surface area contributed by atoms with Crippen molar-refractivity contribution < 1.29 is 4.79 Å². The molecule has 2 aliphatic rings. The maximum absolute atomic E-state index is 12.2. The van der Waals surface area contributed by atoms with Gasteiger partial charge in [0.2, 0.25) is 5.91 Å². The van der Waals surface area contributed by atoms with E-state index in [2.05, 4.69) is 21.8 Å². The molecule has 1 aromatic heterocycles. The quantitative estimate of drug-likeness (QED) is 0.776. The monoisotopic (exact) mass is 336 g/mol. The van der Waals surface area contributed by atoms with E-state index in [1.165, 1.54) is 0 Å². The Morgan fingerprint density at radius 2 is 2.14 bits per heavy atom. The van der Waals surface area contributed by atoms with Crippen LogP contribution >= 0.6 is 23.1 Å². The molecule has 1 saturated heterocycles. The van der Waals surface area contributed by atoms with Crippen LogP contribution in [-0.2, 0) is 4.79 Å². The predicted molar refractivity (Wildman–Crippen MR) is 93.4 cm³/mol. The first-order chi connectivity index (χ1) is 10.6. The van der Waals surface area contributed by atoms with Crippen LogP contribution in [0.3, 0.4) is 0 Å². The van der Waals surface area contributed by atoms with E-state index >= 15 is 0 Å². The lowest BCUT2D eigenvalue weighted by Crippen LogP contribution is -2.49. The number of carbonyl (C=O) groups excluding carboxylic acids is 1. The van der Waals surface area contributed by atoms with Gasteiger partial charge in [-0.3, -0.25) is 9.79 Å². The smallest absolute Gasteiger partial charge is 0.246 e. The van der Waals surface area contributed by atoms with Crippen LogP contribution < -0.4 is 0 Å². The minimum atomic E-state index is 0.0834. The molecule has 1 aromatic rings. The number of aryl methyl sites for hydroxylation is 1. The molecule has 0 aromatic carbocycles. The maximum Gasteiger partial charge on any atom is 0.246 e. The van der Waals surface area contributed by atoms with Crippen molar-refractivity contribution in [2.24, 2.45) is 4.99 Å². The van der Waals surface area contributed by atoms with Crippen molar-refractivity contribution in [1.82, 2.24) is 14.8 Å². The molecule has 0 N–H and O–H groups in total. The highest BCUT2D eigenvalue weighted by Gasteiger charge is 2.25. The molecule has 7 heteroatoms. The molecule has 1 atom stereocenters. The largest absolute Gasteiger partial charge is 0.348 e. The Kier molecular flexibility index (Phi) is 4.83. The molecule has 2 aliphatic heterocycles. The third-order valence-electron chi connectivity index (χ3n) is 3.68. The topological polar surface area (TPSA) is 48.8 Å². The van der Waals surface area contributed by atoms with E-state index in [9.17, 15) is 4.79 Å². The van der Waals surface area contributed by atoms with Gasteiger partial charge >= 0.3 is 0 Å². The van der Waals surface area contributed by atoms with E-state index in [-0.39, 0.29) is 5.91 Å². The van der Waals surface area contributed by atoms with Crippen molar-refractivity contribution in [3.8, 4) is 0 Å². The summed E-state index contributed by atoms with van der Waals surface area (Å²) in [5, 5.41) is 2.75. The summed E-state index contributed by atoms with van der Waals surface area (Å²) in [5.74, 6) is 0.0834. The summed E-state index contributed by atoms with van der Waals surface area (Å²) in [5.41, 5.74) is 0. The number of aliphatic imine (C=N–C) groups is 1. The van der Waals surface area contributed by atoms with Gasteiger partial charge in [0.05, 0.1) is 11.6 Å². The highest BCUT2D eigenvalue weighted by atomic mass is 32.2. The zero-order chi connectivity index (χ0) is 15.5. The Balaban J connectivity index is 1.50. The summed E-state index contributed by atoms with van der Waals surface area (Å²) < 4.78 is 0. The molecule has 3 rings (SSSR count). The number of thioether (sulfide) groups is 1. The molecule has 0 saturated carbocycles. The van der Waals surface area contributed by atoms with E-state index < -0.39 is 0 Å². The van der Waals surface area contributed by atoms with Gasteiger partial charge in [-0.05, 0) is 13.0 Å². The fourth-order valence-corrected chi connectivity index (χ4v) is 4.15. The van der Waals surface area contributed by atoms with Crippen LogP contribution in [-0.4, -0.2) is 63.8 Å². The van der Waals surface area contributed by atoms with E-state index in [1.54, 1.807) is 23.6 Å². The zero-order valence-electron chi connectivity index (χ0n) is 12.9. The minimum absolute atomic E-state index is 0.0834. The normalized spacial score (nSPS) is 22.5. The maximum atomic E-state index is 12.2. The van der Waals surface area contributed by atoms with Crippen molar-refractivity contribution >= 4 is 40.2 Å². The molecule has 1 fully saturated rings. The Bertz CT molecular complexity index is 602. The van der Waals surface area contributed by atoms with E-state index in [0.717, 1.165) is 47.8 Å². The Labute approximate surface area is 139 Å². The van der Waals surface area contributed by atoms with Gasteiger partial charge in [0.1, 0.15) is 0 Å². The SMILES string of the molecule is Cc1ncc(/C=C\C(=O)N2CCN(C3=NC[C@@H](C)S3)CC2)s1. The lowest BCUT2D eigenvalue weighted by atomic mass is 10.3. The van der Waals surface area contributed by atoms with Crippen molar-refractivity contribution in [2.75, 3.05) is 32.7 Å². The number of thiazole rings is 1. The Morgan fingerprint density at radius 3 is 2.73 bits per heavy atom. The molecule has 0 radical (unpaired) electrons. The molecule has 3 heterocycles. The molecule has 1 amide bonds. The van der Waals surface area contributed by atoms with Crippen LogP contribution in [0.2, 0.25) is 0 Å². The number of rotatable bonds is 2. The number of hydrogen-bond donors (Lipinski definition) is 0. The molecule has 22 heavy (non-hydrogen) atoms. The van der Waals surface area contributed by atoms with Crippen molar-refractivity contribution in [3.05, 3.63) is 22.2 Å². The summed E-state index contributed by atoms with van der Waals surface area (Å²) in [6, 6.07) is 0. The van der Waals surface area contributed by atoms with Crippen molar-refractivity contribution in [2.45, 2.75) is 19.1 Å². The summed E-state index contributed by atoms with van der Waals surface area (Å²) in [7, 11) is 0. The average Bonchev–Trinajstić information content (AvgIpc) is 3.13. The first-order valence-corrected chi connectivity index (χ1v) is 9.17. The highest BCUT2D eigenvalue weighted by molar-refractivity contribution is 8.14. The van der Waals surface area contributed by atoms with Gasteiger partial charge < -0.3 is 9.80 Å². The molecule has 0 aliphatic carbocycles.